The lowest BCUT2D eigenvalue weighted by Crippen LogP contribution is -2.61. The molecule has 5 aromatic rings. The highest BCUT2D eigenvalue weighted by Gasteiger charge is 2.48. The van der Waals surface area contributed by atoms with Gasteiger partial charge >= 0.3 is 6.01 Å². The maximum atomic E-state index is 17.2. The maximum absolute atomic E-state index is 17.2. The Morgan fingerprint density at radius 1 is 0.903 bits per heavy atom. The molecule has 5 aliphatic heterocycles. The number of piperidine rings is 3. The number of halogens is 1. The zero-order chi connectivity index (χ0) is 49.5. The summed E-state index contributed by atoms with van der Waals surface area (Å²) in [5.41, 5.74) is 4.80. The lowest BCUT2D eigenvalue weighted by atomic mass is 9.71. The third-order valence-electron chi connectivity index (χ3n) is 17.8. The highest BCUT2D eigenvalue weighted by molar-refractivity contribution is 6.05. The van der Waals surface area contributed by atoms with Crippen molar-refractivity contribution in [3.8, 4) is 23.0 Å². The molecule has 0 radical (unpaired) electrons. The highest BCUT2D eigenvalue weighted by atomic mass is 19.1. The Morgan fingerprint density at radius 3 is 2.46 bits per heavy atom. The van der Waals surface area contributed by atoms with Crippen molar-refractivity contribution in [1.29, 1.82) is 0 Å². The second kappa shape index (κ2) is 18.3. The van der Waals surface area contributed by atoms with Crippen LogP contribution in [0.2, 0.25) is 0 Å². The number of benzene rings is 3. The van der Waals surface area contributed by atoms with Gasteiger partial charge in [0.1, 0.15) is 23.0 Å². The molecule has 3 amide bonds. The summed E-state index contributed by atoms with van der Waals surface area (Å²) in [4.78, 5) is 61.4. The molecule has 15 heteroatoms. The highest BCUT2D eigenvalue weighted by Crippen LogP contribution is 2.48. The molecule has 7 heterocycles. The van der Waals surface area contributed by atoms with Crippen LogP contribution in [0.3, 0.4) is 0 Å². The number of anilines is 1. The maximum Gasteiger partial charge on any atom is 0.317 e. The predicted octanol–water partition coefficient (Wildman–Crippen LogP) is 7.90. The van der Waals surface area contributed by atoms with Crippen molar-refractivity contribution in [2.45, 2.75) is 121 Å². The molecule has 3 N–H and O–H groups in total. The number of aryl methyl sites for hydroxylation is 1. The van der Waals surface area contributed by atoms with Crippen LogP contribution in [0.25, 0.3) is 32.9 Å². The summed E-state index contributed by atoms with van der Waals surface area (Å²) in [5.74, 6) is -0.730. The Morgan fingerprint density at radius 2 is 1.71 bits per heavy atom. The van der Waals surface area contributed by atoms with E-state index in [4.69, 9.17) is 19.7 Å². The molecule has 2 unspecified atom stereocenters. The minimum atomic E-state index is -0.851. The summed E-state index contributed by atoms with van der Waals surface area (Å²) in [7, 11) is 0. The summed E-state index contributed by atoms with van der Waals surface area (Å²) < 4.78 is 23.7. The van der Waals surface area contributed by atoms with Crippen molar-refractivity contribution in [2.75, 3.05) is 63.9 Å². The number of ether oxygens (including phenoxy) is 1. The number of aromatic nitrogens is 3. The number of phenolic OH excluding ortho intramolecular Hbond substituents is 1. The van der Waals surface area contributed by atoms with Gasteiger partial charge in [-0.1, -0.05) is 25.1 Å². The fourth-order valence-corrected chi connectivity index (χ4v) is 13.5. The zero-order valence-corrected chi connectivity index (χ0v) is 41.7. The smallest absolute Gasteiger partial charge is 0.317 e. The summed E-state index contributed by atoms with van der Waals surface area (Å²) >= 11 is 0. The molecular weight excluding hydrogens is 912 g/mol. The third-order valence-corrected chi connectivity index (χ3v) is 17.8. The lowest BCUT2D eigenvalue weighted by Gasteiger charge is -2.55. The average Bonchev–Trinajstić information content (AvgIpc) is 4.05. The number of nitrogens with one attached hydrogen (secondary N) is 1. The molecule has 14 nitrogen and oxygen atoms in total. The number of imide groups is 1. The van der Waals surface area contributed by atoms with Crippen LogP contribution in [-0.4, -0.2) is 128 Å². The number of likely N-dealkylation sites (tertiary alicyclic amines) is 2. The summed E-state index contributed by atoms with van der Waals surface area (Å²) in [6.07, 6.45) is 12.7. The van der Waals surface area contributed by atoms with Gasteiger partial charge in [-0.3, -0.25) is 24.7 Å². The number of nitrogens with zero attached hydrogens (tertiary/aromatic N) is 7. The first-order valence-corrected chi connectivity index (χ1v) is 26.7. The number of hydrogen-bond donors (Lipinski definition) is 3. The number of hydrogen-bond acceptors (Lipinski definition) is 12. The third kappa shape index (κ3) is 8.97. The number of carbonyl (C=O) groups excluding carboxylic acids is 3. The predicted molar refractivity (Wildman–Crippen MR) is 272 cm³/mol. The first-order valence-electron chi connectivity index (χ1n) is 26.7. The van der Waals surface area contributed by atoms with Crippen LogP contribution in [0, 0.1) is 22.6 Å². The van der Waals surface area contributed by atoms with Gasteiger partial charge in [0.05, 0.1) is 17.9 Å². The fourth-order valence-electron chi connectivity index (χ4n) is 13.5. The van der Waals surface area contributed by atoms with E-state index in [1.807, 2.05) is 31.2 Å². The van der Waals surface area contributed by atoms with Gasteiger partial charge in [0, 0.05) is 92.0 Å². The Kier molecular flexibility index (Phi) is 12.0. The van der Waals surface area contributed by atoms with E-state index < -0.39 is 17.5 Å². The zero-order valence-electron chi connectivity index (χ0n) is 41.7. The van der Waals surface area contributed by atoms with Crippen molar-refractivity contribution in [3.05, 3.63) is 82.9 Å². The molecule has 3 atom stereocenters. The molecule has 6 fully saturated rings. The second-order valence-corrected chi connectivity index (χ2v) is 23.1. The van der Waals surface area contributed by atoms with E-state index in [1.54, 1.807) is 23.2 Å². The van der Waals surface area contributed by atoms with Gasteiger partial charge in [0.2, 0.25) is 11.8 Å². The van der Waals surface area contributed by atoms with Crippen LogP contribution in [0.15, 0.2) is 54.7 Å². The monoisotopic (exact) mass is 979 g/mol. The van der Waals surface area contributed by atoms with Gasteiger partial charge < -0.3 is 34.5 Å². The van der Waals surface area contributed by atoms with E-state index in [1.165, 1.54) is 12.8 Å². The molecule has 378 valence electrons. The normalized spacial score (nSPS) is 25.5. The largest absolute Gasteiger partial charge is 0.508 e. The summed E-state index contributed by atoms with van der Waals surface area (Å²) in [6.45, 7) is 13.4. The molecule has 2 aliphatic carbocycles. The van der Waals surface area contributed by atoms with Crippen LogP contribution in [-0.2, 0) is 22.6 Å². The molecule has 3 aromatic carbocycles. The van der Waals surface area contributed by atoms with Crippen molar-refractivity contribution < 1.29 is 33.7 Å². The number of aliphatic hydroxyl groups is 1. The van der Waals surface area contributed by atoms with Gasteiger partial charge in [-0.15, -0.1) is 0 Å². The number of aromatic hydroxyl groups is 1. The molecule has 4 saturated heterocycles. The van der Waals surface area contributed by atoms with E-state index in [-0.39, 0.29) is 58.4 Å². The first-order chi connectivity index (χ1) is 34.7. The molecular formula is C57H67FN8O6. The van der Waals surface area contributed by atoms with Gasteiger partial charge in [-0.25, -0.2) is 4.39 Å². The minimum absolute atomic E-state index is 0.00485. The SMILES string of the molecule is CCc1cccc2cc(O)cc(-c3ncc4c(C5CCC[C@@](C)(O)C5)nc(OCC5(CN6CCC(CN7CC8(CCN(c9ccc%10c(c9)CN(C9CCC(=O)NC9=O)C%10=O)CC8)C7)CC6)CC5)nc4c3F)c12. The first kappa shape index (κ1) is 47.2. The van der Waals surface area contributed by atoms with Crippen LogP contribution in [0.1, 0.15) is 124 Å². The fraction of sp³-hybridized carbons (Fsp3) is 0.544. The molecule has 12 rings (SSSR count). The van der Waals surface area contributed by atoms with Gasteiger partial charge in [0.15, 0.2) is 5.82 Å². The Balaban J connectivity index is 0.653. The van der Waals surface area contributed by atoms with Crippen LogP contribution in [0.4, 0.5) is 10.1 Å². The molecule has 0 bridgehead atoms. The number of fused-ring (bicyclic) bond motifs is 3. The lowest BCUT2D eigenvalue weighted by molar-refractivity contribution is -0.136. The van der Waals surface area contributed by atoms with Gasteiger partial charge in [-0.05, 0) is 161 Å². The topological polar surface area (TPSA) is 165 Å². The van der Waals surface area contributed by atoms with Crippen molar-refractivity contribution >= 4 is 45.1 Å². The van der Waals surface area contributed by atoms with Gasteiger partial charge in [0.25, 0.3) is 5.91 Å². The van der Waals surface area contributed by atoms with E-state index in [2.05, 4.69) is 39.1 Å². The summed E-state index contributed by atoms with van der Waals surface area (Å²) in [5, 5.41) is 26.5. The van der Waals surface area contributed by atoms with Crippen molar-refractivity contribution in [2.24, 2.45) is 16.7 Å². The van der Waals surface area contributed by atoms with Crippen LogP contribution >= 0.6 is 0 Å². The van der Waals surface area contributed by atoms with E-state index in [9.17, 15) is 24.6 Å². The number of amides is 3. The van der Waals surface area contributed by atoms with Gasteiger partial charge in [-0.2, -0.15) is 9.97 Å². The number of pyridine rings is 1. The quantitative estimate of drug-likeness (QED) is 0.104. The standard InChI is InChI=1S/C57H67FN8O6/c1-3-36-6-4-7-37-25-41(67)26-43(47(36)37)50-48(58)51-44(28-59-50)49(38-8-5-15-55(2,71)27-38)61-54(62-51)72-34-57(16-17-57)33-63-20-13-35(14-21-63)29-64-31-56(32-64)18-22-65(23-19-56)40-9-10-42-39(24-40)30-66(53(42)70)45-11-12-46(68)60-52(45)69/h4,6-7,9-10,24-26,28,35,38,45,67,71H,3,5,8,11-23,27,29-34H2,1-2H3,(H,60,68,69)/t38?,45?,55-/m1/s1. The van der Waals surface area contributed by atoms with Crippen LogP contribution in [0.5, 0.6) is 11.8 Å². The minimum Gasteiger partial charge on any atom is -0.508 e. The van der Waals surface area contributed by atoms with E-state index in [0.29, 0.717) is 66.0 Å². The molecule has 7 aliphatic rings. The van der Waals surface area contributed by atoms with E-state index >= 15 is 4.39 Å². The molecule has 72 heavy (non-hydrogen) atoms. The Labute approximate surface area is 420 Å². The Hall–Kier alpha value is -5.77. The van der Waals surface area contributed by atoms with E-state index in [0.717, 1.165) is 125 Å². The Bertz CT molecular complexity index is 2970. The molecule has 2 aromatic heterocycles. The van der Waals surface area contributed by atoms with Crippen molar-refractivity contribution in [3.63, 3.8) is 0 Å². The number of phenols is 1. The molecule has 1 spiro atoms. The van der Waals surface area contributed by atoms with Crippen molar-refractivity contribution in [1.82, 2.24) is 35.0 Å². The number of carbonyl (C=O) groups is 3. The number of rotatable bonds is 12. The second-order valence-electron chi connectivity index (χ2n) is 23.1. The summed E-state index contributed by atoms with van der Waals surface area (Å²) in [6, 6.07) is 14.9. The van der Waals surface area contributed by atoms with Crippen LogP contribution < -0.4 is 15.0 Å². The molecule has 2 saturated carbocycles. The average molecular weight is 979 g/mol.